The van der Waals surface area contributed by atoms with Crippen molar-refractivity contribution >= 4 is 35.8 Å². The van der Waals surface area contributed by atoms with Gasteiger partial charge in [-0.3, -0.25) is 0 Å². The Bertz CT molecular complexity index is 1110. The van der Waals surface area contributed by atoms with E-state index < -0.39 is 5.97 Å². The number of benzene rings is 2. The van der Waals surface area contributed by atoms with Crippen LogP contribution in [0.5, 0.6) is 0 Å². The molecule has 2 aromatic heterocycles. The van der Waals surface area contributed by atoms with Crippen LogP contribution in [0.1, 0.15) is 35.3 Å². The van der Waals surface area contributed by atoms with Crippen molar-refractivity contribution < 1.29 is 14.6 Å². The Balaban J connectivity index is 0.00000141. The third-order valence-electron chi connectivity index (χ3n) is 4.94. The van der Waals surface area contributed by atoms with Crippen LogP contribution in [0.25, 0.3) is 10.9 Å². The first-order chi connectivity index (χ1) is 15.7. The average Bonchev–Trinajstić information content (AvgIpc) is 3.30. The van der Waals surface area contributed by atoms with Gasteiger partial charge >= 0.3 is 13.5 Å². The Labute approximate surface area is 189 Å². The molecule has 163 valence electrons. The van der Waals surface area contributed by atoms with E-state index in [1.807, 2.05) is 50.2 Å². The SMILES string of the molecule is CC.COC(=O)c1cnc(N(Cc2ccccc2)Cc2ccccc2)c2[nH]c([B]O)cc12. The van der Waals surface area contributed by atoms with E-state index in [4.69, 9.17) is 4.74 Å². The predicted molar refractivity (Wildman–Crippen MR) is 129 cm³/mol. The zero-order chi connectivity index (χ0) is 22.9. The first-order valence-electron chi connectivity index (χ1n) is 10.6. The van der Waals surface area contributed by atoms with Crippen molar-refractivity contribution in [2.24, 2.45) is 0 Å². The van der Waals surface area contributed by atoms with Gasteiger partial charge in [-0.1, -0.05) is 74.5 Å². The lowest BCUT2D eigenvalue weighted by Crippen LogP contribution is -2.24. The molecule has 1 radical (unpaired) electrons. The highest BCUT2D eigenvalue weighted by molar-refractivity contribution is 6.45. The van der Waals surface area contributed by atoms with Crippen molar-refractivity contribution in [1.82, 2.24) is 9.97 Å². The molecular weight excluding hydrogens is 401 g/mol. The van der Waals surface area contributed by atoms with Crippen molar-refractivity contribution in [2.45, 2.75) is 26.9 Å². The highest BCUT2D eigenvalue weighted by Crippen LogP contribution is 2.28. The molecule has 2 heterocycles. The number of nitrogens with zero attached hydrogens (tertiary/aromatic N) is 2. The topological polar surface area (TPSA) is 78.5 Å². The van der Waals surface area contributed by atoms with Gasteiger partial charge in [0.25, 0.3) is 0 Å². The standard InChI is InChI=1S/C23H21BN3O3.C2H6/c1-30-23(28)19-13-25-22(21-18(19)12-20(24-29)26-21)27(14-16-8-4-2-5-9-16)15-17-10-6-3-7-11-17;1-2/h2-13,26,29H,14-15H2,1H3;1-2H3. The van der Waals surface area contributed by atoms with Crippen molar-refractivity contribution in [3.63, 3.8) is 0 Å². The second kappa shape index (κ2) is 11.2. The summed E-state index contributed by atoms with van der Waals surface area (Å²) in [4.78, 5) is 22.2. The lowest BCUT2D eigenvalue weighted by molar-refractivity contribution is 0.0602. The number of hydrogen-bond donors (Lipinski definition) is 2. The van der Waals surface area contributed by atoms with E-state index in [2.05, 4.69) is 39.1 Å². The first-order valence-corrected chi connectivity index (χ1v) is 10.6. The number of ether oxygens (including phenoxy) is 1. The fourth-order valence-corrected chi connectivity index (χ4v) is 3.52. The summed E-state index contributed by atoms with van der Waals surface area (Å²) in [7, 11) is 2.31. The molecule has 6 nitrogen and oxygen atoms in total. The van der Waals surface area contributed by atoms with Crippen LogP contribution in [-0.4, -0.2) is 35.6 Å². The Hall–Kier alpha value is -3.58. The van der Waals surface area contributed by atoms with E-state index in [9.17, 15) is 9.82 Å². The summed E-state index contributed by atoms with van der Waals surface area (Å²) < 4.78 is 4.90. The molecule has 0 spiro atoms. The minimum absolute atomic E-state index is 0.347. The van der Waals surface area contributed by atoms with E-state index in [1.165, 1.54) is 13.3 Å². The molecule has 2 N–H and O–H groups in total. The summed E-state index contributed by atoms with van der Waals surface area (Å²) in [5.41, 5.74) is 3.79. The quantitative estimate of drug-likeness (QED) is 0.346. The number of esters is 1. The number of hydrogen-bond acceptors (Lipinski definition) is 5. The molecule has 7 heteroatoms. The third-order valence-corrected chi connectivity index (χ3v) is 4.94. The van der Waals surface area contributed by atoms with Crippen molar-refractivity contribution in [3.05, 3.63) is 89.6 Å². The molecule has 0 unspecified atom stereocenters. The average molecular weight is 428 g/mol. The highest BCUT2D eigenvalue weighted by Gasteiger charge is 2.21. The summed E-state index contributed by atoms with van der Waals surface area (Å²) in [6.45, 7) is 5.26. The number of rotatable bonds is 7. The van der Waals surface area contributed by atoms with Crippen LogP contribution in [0, 0.1) is 0 Å². The van der Waals surface area contributed by atoms with Gasteiger partial charge in [-0.05, 0) is 17.2 Å². The first kappa shape index (κ1) is 23.1. The summed E-state index contributed by atoms with van der Waals surface area (Å²) >= 11 is 0. The van der Waals surface area contributed by atoms with Gasteiger partial charge in [0, 0.05) is 30.3 Å². The van der Waals surface area contributed by atoms with Gasteiger partial charge in [0.2, 0.25) is 0 Å². The summed E-state index contributed by atoms with van der Waals surface area (Å²) in [6, 6.07) is 22.0. The summed E-state index contributed by atoms with van der Waals surface area (Å²) in [6.07, 6.45) is 1.53. The van der Waals surface area contributed by atoms with Crippen LogP contribution in [-0.2, 0) is 17.8 Å². The Morgan fingerprint density at radius 1 is 1.03 bits per heavy atom. The molecule has 0 aliphatic heterocycles. The van der Waals surface area contributed by atoms with E-state index in [1.54, 1.807) is 6.07 Å². The maximum absolute atomic E-state index is 12.2. The van der Waals surface area contributed by atoms with E-state index in [0.717, 1.165) is 18.6 Å². The van der Waals surface area contributed by atoms with Gasteiger partial charge in [-0.2, -0.15) is 0 Å². The molecule has 0 saturated carbocycles. The monoisotopic (exact) mass is 428 g/mol. The van der Waals surface area contributed by atoms with Gasteiger partial charge in [-0.25, -0.2) is 9.78 Å². The summed E-state index contributed by atoms with van der Waals surface area (Å²) in [5.74, 6) is 0.221. The van der Waals surface area contributed by atoms with Gasteiger partial charge in [0.15, 0.2) is 5.82 Å². The Morgan fingerprint density at radius 3 is 2.09 bits per heavy atom. The van der Waals surface area contributed by atoms with E-state index in [-0.39, 0.29) is 0 Å². The molecule has 32 heavy (non-hydrogen) atoms. The number of anilines is 1. The minimum Gasteiger partial charge on any atom is -0.465 e. The number of H-pyrrole nitrogens is 1. The normalized spacial score (nSPS) is 10.2. The lowest BCUT2D eigenvalue weighted by atomic mass is 9.96. The third kappa shape index (κ3) is 5.18. The summed E-state index contributed by atoms with van der Waals surface area (Å²) in [5, 5.41) is 10.2. The number of carbonyl (C=O) groups is 1. The number of pyridine rings is 1. The van der Waals surface area contributed by atoms with Gasteiger partial charge in [0.1, 0.15) is 0 Å². The molecule has 0 amide bonds. The number of methoxy groups -OCH3 is 1. The molecule has 0 bridgehead atoms. The predicted octanol–water partition coefficient (Wildman–Crippen LogP) is 3.82. The minimum atomic E-state index is -0.472. The lowest BCUT2D eigenvalue weighted by Gasteiger charge is -2.25. The van der Waals surface area contributed by atoms with Crippen molar-refractivity contribution in [2.75, 3.05) is 12.0 Å². The second-order valence-corrected chi connectivity index (χ2v) is 6.96. The van der Waals surface area contributed by atoms with Crippen molar-refractivity contribution in [3.8, 4) is 0 Å². The molecular formula is C25H27BN3O3. The maximum atomic E-state index is 12.2. The Morgan fingerprint density at radius 2 is 1.59 bits per heavy atom. The van der Waals surface area contributed by atoms with Crippen LogP contribution in [0.2, 0.25) is 0 Å². The van der Waals surface area contributed by atoms with E-state index >= 15 is 0 Å². The number of nitrogens with one attached hydrogen (secondary N) is 1. The van der Waals surface area contributed by atoms with E-state index in [0.29, 0.717) is 41.0 Å². The molecule has 0 aliphatic carbocycles. The van der Waals surface area contributed by atoms with Gasteiger partial charge in [-0.15, -0.1) is 0 Å². The zero-order valence-corrected chi connectivity index (χ0v) is 18.6. The molecule has 0 aliphatic rings. The van der Waals surface area contributed by atoms with Crippen LogP contribution in [0.15, 0.2) is 72.9 Å². The number of carbonyl (C=O) groups excluding carboxylic acids is 1. The molecule has 0 fully saturated rings. The van der Waals surface area contributed by atoms with Crippen molar-refractivity contribution in [1.29, 1.82) is 0 Å². The highest BCUT2D eigenvalue weighted by atomic mass is 16.5. The maximum Gasteiger partial charge on any atom is 0.345 e. The Kier molecular flexibility index (Phi) is 8.05. The van der Waals surface area contributed by atoms with Crippen LogP contribution in [0.3, 0.4) is 0 Å². The molecule has 2 aromatic carbocycles. The largest absolute Gasteiger partial charge is 0.465 e. The number of aromatic nitrogens is 2. The molecule has 0 atom stereocenters. The second-order valence-electron chi connectivity index (χ2n) is 6.96. The molecule has 4 rings (SSSR count). The van der Waals surface area contributed by atoms with Crippen LogP contribution in [0.4, 0.5) is 5.82 Å². The smallest absolute Gasteiger partial charge is 0.345 e. The van der Waals surface area contributed by atoms with Gasteiger partial charge < -0.3 is 19.6 Å². The molecule has 0 saturated heterocycles. The van der Waals surface area contributed by atoms with Crippen LogP contribution < -0.4 is 10.5 Å². The fraction of sp³-hybridized carbons (Fsp3) is 0.200. The zero-order valence-electron chi connectivity index (χ0n) is 18.6. The van der Waals surface area contributed by atoms with Gasteiger partial charge in [0.05, 0.1) is 18.2 Å². The fourth-order valence-electron chi connectivity index (χ4n) is 3.52. The van der Waals surface area contributed by atoms with Crippen LogP contribution >= 0.6 is 0 Å². The number of aromatic amines is 1. The number of fused-ring (bicyclic) bond motifs is 1. The molecule has 4 aromatic rings.